The summed E-state index contributed by atoms with van der Waals surface area (Å²) in [5.41, 5.74) is 0.131. The summed E-state index contributed by atoms with van der Waals surface area (Å²) in [6.45, 7) is 0. The van der Waals surface area contributed by atoms with Crippen LogP contribution in [0, 0.1) is 0 Å². The Morgan fingerprint density at radius 3 is 3.13 bits per heavy atom. The van der Waals surface area contributed by atoms with Gasteiger partial charge in [0.05, 0.1) is 0 Å². The summed E-state index contributed by atoms with van der Waals surface area (Å²) in [4.78, 5) is 14.6. The topological polar surface area (TPSA) is 62.2 Å². The molecule has 1 aromatic heterocycles. The monoisotopic (exact) mass is 244 g/mol. The quantitative estimate of drug-likeness (QED) is 0.853. The van der Waals surface area contributed by atoms with Gasteiger partial charge < -0.3 is 10.4 Å². The van der Waals surface area contributed by atoms with Gasteiger partial charge in [0.15, 0.2) is 10.8 Å². The SMILES string of the molecule is O=C(O)c1csc(NC2CCCSC2)n1. The molecule has 2 heterocycles. The van der Waals surface area contributed by atoms with Gasteiger partial charge in [-0.3, -0.25) is 0 Å². The summed E-state index contributed by atoms with van der Waals surface area (Å²) in [7, 11) is 0. The molecule has 0 bridgehead atoms. The first kappa shape index (κ1) is 10.8. The number of rotatable bonds is 3. The first-order chi connectivity index (χ1) is 7.25. The third-order valence-corrected chi connectivity index (χ3v) is 4.20. The van der Waals surface area contributed by atoms with E-state index in [1.165, 1.54) is 23.5 Å². The minimum absolute atomic E-state index is 0.131. The molecule has 6 heteroatoms. The number of carboxylic acids is 1. The van der Waals surface area contributed by atoms with Crippen LogP contribution in [0.5, 0.6) is 0 Å². The van der Waals surface area contributed by atoms with Crippen LogP contribution in [0.4, 0.5) is 5.13 Å². The predicted octanol–water partition coefficient (Wildman–Crippen LogP) is 2.15. The van der Waals surface area contributed by atoms with E-state index < -0.39 is 5.97 Å². The van der Waals surface area contributed by atoms with Crippen LogP contribution in [0.1, 0.15) is 23.3 Å². The molecule has 0 aliphatic carbocycles. The van der Waals surface area contributed by atoms with E-state index in [1.807, 2.05) is 11.8 Å². The predicted molar refractivity (Wildman–Crippen MR) is 63.0 cm³/mol. The van der Waals surface area contributed by atoms with Crippen LogP contribution >= 0.6 is 23.1 Å². The Labute approximate surface area is 96.1 Å². The molecule has 2 N–H and O–H groups in total. The van der Waals surface area contributed by atoms with Crippen LogP contribution in [-0.4, -0.2) is 33.6 Å². The molecule has 15 heavy (non-hydrogen) atoms. The normalized spacial score (nSPS) is 21.2. The van der Waals surface area contributed by atoms with E-state index in [1.54, 1.807) is 5.38 Å². The number of thiazole rings is 1. The minimum atomic E-state index is -0.961. The highest BCUT2D eigenvalue weighted by atomic mass is 32.2. The number of anilines is 1. The molecule has 82 valence electrons. The molecule has 1 unspecified atom stereocenters. The van der Waals surface area contributed by atoms with E-state index in [0.717, 1.165) is 17.3 Å². The molecule has 0 amide bonds. The van der Waals surface area contributed by atoms with Crippen LogP contribution in [-0.2, 0) is 0 Å². The van der Waals surface area contributed by atoms with Crippen molar-refractivity contribution < 1.29 is 9.90 Å². The number of hydrogen-bond acceptors (Lipinski definition) is 5. The van der Waals surface area contributed by atoms with Gasteiger partial charge in [-0.2, -0.15) is 11.8 Å². The Hall–Kier alpha value is -0.750. The third-order valence-electron chi connectivity index (χ3n) is 2.21. The average Bonchev–Trinajstić information content (AvgIpc) is 2.68. The standard InChI is InChI=1S/C9H12N2O2S2/c12-8(13)7-5-15-9(11-7)10-6-2-1-3-14-4-6/h5-6H,1-4H2,(H,10,11)(H,12,13). The van der Waals surface area contributed by atoms with Crippen molar-refractivity contribution in [1.29, 1.82) is 0 Å². The number of aromatic nitrogens is 1. The zero-order valence-electron chi connectivity index (χ0n) is 8.10. The Bertz CT molecular complexity index is 348. The van der Waals surface area contributed by atoms with Crippen LogP contribution in [0.15, 0.2) is 5.38 Å². The van der Waals surface area contributed by atoms with Crippen molar-refractivity contribution in [1.82, 2.24) is 4.98 Å². The van der Waals surface area contributed by atoms with Gasteiger partial charge in [0.25, 0.3) is 0 Å². The molecule has 1 saturated heterocycles. The fourth-order valence-electron chi connectivity index (χ4n) is 1.47. The van der Waals surface area contributed by atoms with Gasteiger partial charge in [-0.25, -0.2) is 9.78 Å². The lowest BCUT2D eigenvalue weighted by Crippen LogP contribution is -2.25. The molecule has 1 atom stereocenters. The second-order valence-corrected chi connectivity index (χ2v) is 5.41. The van der Waals surface area contributed by atoms with Gasteiger partial charge in [0, 0.05) is 17.2 Å². The maximum Gasteiger partial charge on any atom is 0.355 e. The highest BCUT2D eigenvalue weighted by Gasteiger charge is 2.15. The summed E-state index contributed by atoms with van der Waals surface area (Å²) in [5.74, 6) is 1.36. The van der Waals surface area contributed by atoms with E-state index in [4.69, 9.17) is 5.11 Å². The van der Waals surface area contributed by atoms with E-state index >= 15 is 0 Å². The zero-order chi connectivity index (χ0) is 10.7. The minimum Gasteiger partial charge on any atom is -0.476 e. The summed E-state index contributed by atoms with van der Waals surface area (Å²) in [6, 6.07) is 0.441. The molecule has 1 fully saturated rings. The van der Waals surface area contributed by atoms with Gasteiger partial charge in [0.1, 0.15) is 0 Å². The van der Waals surface area contributed by atoms with Crippen molar-refractivity contribution in [3.05, 3.63) is 11.1 Å². The van der Waals surface area contributed by atoms with Crippen LogP contribution in [0.3, 0.4) is 0 Å². The molecule has 2 rings (SSSR count). The maximum absolute atomic E-state index is 10.6. The zero-order valence-corrected chi connectivity index (χ0v) is 9.74. The van der Waals surface area contributed by atoms with Crippen molar-refractivity contribution in [2.24, 2.45) is 0 Å². The molecule has 1 aliphatic rings. The molecule has 0 radical (unpaired) electrons. The lowest BCUT2D eigenvalue weighted by atomic mass is 10.2. The average molecular weight is 244 g/mol. The number of nitrogens with one attached hydrogen (secondary N) is 1. The molecule has 1 aromatic rings. The van der Waals surface area contributed by atoms with Crippen molar-refractivity contribution in [2.75, 3.05) is 16.8 Å². The van der Waals surface area contributed by atoms with Crippen LogP contribution < -0.4 is 5.32 Å². The molecular formula is C9H12N2O2S2. The van der Waals surface area contributed by atoms with E-state index in [2.05, 4.69) is 10.3 Å². The van der Waals surface area contributed by atoms with Crippen molar-refractivity contribution in [2.45, 2.75) is 18.9 Å². The van der Waals surface area contributed by atoms with Crippen LogP contribution in [0.2, 0.25) is 0 Å². The van der Waals surface area contributed by atoms with Crippen molar-refractivity contribution in [3.63, 3.8) is 0 Å². The van der Waals surface area contributed by atoms with E-state index in [-0.39, 0.29) is 5.69 Å². The molecule has 0 aromatic carbocycles. The number of nitrogens with zero attached hydrogens (tertiary/aromatic N) is 1. The van der Waals surface area contributed by atoms with Gasteiger partial charge >= 0.3 is 5.97 Å². The Morgan fingerprint density at radius 1 is 1.67 bits per heavy atom. The Morgan fingerprint density at radius 2 is 2.53 bits per heavy atom. The number of carbonyl (C=O) groups is 1. The van der Waals surface area contributed by atoms with Crippen LogP contribution in [0.25, 0.3) is 0 Å². The van der Waals surface area contributed by atoms with Crippen molar-refractivity contribution in [3.8, 4) is 0 Å². The van der Waals surface area contributed by atoms with Gasteiger partial charge in [-0.15, -0.1) is 11.3 Å². The van der Waals surface area contributed by atoms with E-state index in [9.17, 15) is 4.79 Å². The fraction of sp³-hybridized carbons (Fsp3) is 0.556. The molecule has 1 aliphatic heterocycles. The Kier molecular flexibility index (Phi) is 3.48. The highest BCUT2D eigenvalue weighted by Crippen LogP contribution is 2.22. The van der Waals surface area contributed by atoms with Gasteiger partial charge in [0.2, 0.25) is 0 Å². The smallest absolute Gasteiger partial charge is 0.355 e. The fourth-order valence-corrected chi connectivity index (χ4v) is 3.30. The lowest BCUT2D eigenvalue weighted by molar-refractivity contribution is 0.0691. The summed E-state index contributed by atoms with van der Waals surface area (Å²) >= 11 is 3.29. The molecule has 4 nitrogen and oxygen atoms in total. The molecule has 0 spiro atoms. The van der Waals surface area contributed by atoms with Gasteiger partial charge in [-0.05, 0) is 18.6 Å². The van der Waals surface area contributed by atoms with Gasteiger partial charge in [-0.1, -0.05) is 0 Å². The number of aromatic carboxylic acids is 1. The van der Waals surface area contributed by atoms with Crippen molar-refractivity contribution >= 4 is 34.2 Å². The number of carboxylic acid groups (broad SMARTS) is 1. The Balaban J connectivity index is 1.94. The first-order valence-electron chi connectivity index (χ1n) is 4.79. The number of hydrogen-bond donors (Lipinski definition) is 2. The molecule has 0 saturated carbocycles. The van der Waals surface area contributed by atoms with E-state index in [0.29, 0.717) is 6.04 Å². The number of thioether (sulfide) groups is 1. The summed E-state index contributed by atoms with van der Waals surface area (Å²) < 4.78 is 0. The largest absolute Gasteiger partial charge is 0.476 e. The molecular weight excluding hydrogens is 232 g/mol. The second-order valence-electron chi connectivity index (χ2n) is 3.40. The second kappa shape index (κ2) is 4.85. The first-order valence-corrected chi connectivity index (χ1v) is 6.82. The summed E-state index contributed by atoms with van der Waals surface area (Å²) in [6.07, 6.45) is 2.37. The maximum atomic E-state index is 10.6. The lowest BCUT2D eigenvalue weighted by Gasteiger charge is -2.21. The third kappa shape index (κ3) is 2.85. The summed E-state index contributed by atoms with van der Waals surface area (Å²) in [5, 5.41) is 14.3. The highest BCUT2D eigenvalue weighted by molar-refractivity contribution is 7.99.